The third-order valence-corrected chi connectivity index (χ3v) is 3.88. The molecule has 0 spiro atoms. The lowest BCUT2D eigenvalue weighted by Gasteiger charge is -2.09. The Hall–Kier alpha value is -2.92. The van der Waals surface area contributed by atoms with Gasteiger partial charge in [-0.15, -0.1) is 0 Å². The van der Waals surface area contributed by atoms with E-state index in [1.54, 1.807) is 6.07 Å². The molecule has 0 bridgehead atoms. The normalized spacial score (nSPS) is 10.3. The second-order valence-electron chi connectivity index (χ2n) is 5.55. The Morgan fingerprint density at radius 2 is 1.80 bits per heavy atom. The number of benzene rings is 2. The first-order valence-corrected chi connectivity index (χ1v) is 8.17. The van der Waals surface area contributed by atoms with Crippen LogP contribution in [-0.4, -0.2) is 15.9 Å². The molecule has 25 heavy (non-hydrogen) atoms. The molecule has 2 aromatic carbocycles. The summed E-state index contributed by atoms with van der Waals surface area (Å²) in [5, 5.41) is 6.63. The molecule has 2 N–H and O–H groups in total. The number of aryl methyl sites for hydroxylation is 1. The van der Waals surface area contributed by atoms with Crippen molar-refractivity contribution in [1.29, 1.82) is 0 Å². The quantitative estimate of drug-likeness (QED) is 0.725. The first-order chi connectivity index (χ1) is 12.1. The van der Waals surface area contributed by atoms with Crippen LogP contribution in [0.15, 0.2) is 60.9 Å². The molecule has 1 heterocycles. The Labute approximate surface area is 151 Å². The molecular formula is C19H17ClN4O. The average molecular weight is 353 g/mol. The second kappa shape index (κ2) is 7.77. The summed E-state index contributed by atoms with van der Waals surface area (Å²) in [6.45, 7) is 2.41. The number of amides is 1. The van der Waals surface area contributed by atoms with Gasteiger partial charge in [0.2, 0.25) is 5.95 Å². The third-order valence-electron chi connectivity index (χ3n) is 3.64. The molecule has 6 heteroatoms. The number of carbonyl (C=O) groups excluding carboxylic acids is 1. The number of carbonyl (C=O) groups is 1. The Bertz CT molecular complexity index is 866. The smallest absolute Gasteiger partial charge is 0.254 e. The van der Waals surface area contributed by atoms with Gasteiger partial charge in [-0.25, -0.2) is 9.97 Å². The molecule has 0 fully saturated rings. The molecule has 0 atom stereocenters. The van der Waals surface area contributed by atoms with Gasteiger partial charge in [0.15, 0.2) is 0 Å². The fraction of sp³-hybridized carbons (Fsp3) is 0.105. The average Bonchev–Trinajstić information content (AvgIpc) is 2.63. The number of anilines is 2. The molecule has 0 aliphatic rings. The lowest BCUT2D eigenvalue weighted by atomic mass is 10.2. The van der Waals surface area contributed by atoms with Crippen molar-refractivity contribution in [3.05, 3.63) is 82.6 Å². The second-order valence-corrected chi connectivity index (χ2v) is 5.98. The van der Waals surface area contributed by atoms with Gasteiger partial charge in [-0.2, -0.15) is 0 Å². The zero-order chi connectivity index (χ0) is 17.6. The van der Waals surface area contributed by atoms with Gasteiger partial charge in [0.1, 0.15) is 0 Å². The zero-order valence-corrected chi connectivity index (χ0v) is 14.4. The molecule has 0 unspecified atom stereocenters. The van der Waals surface area contributed by atoms with Gasteiger partial charge in [0, 0.05) is 29.6 Å². The highest BCUT2D eigenvalue weighted by Crippen LogP contribution is 2.21. The van der Waals surface area contributed by atoms with Gasteiger partial charge >= 0.3 is 0 Å². The van der Waals surface area contributed by atoms with Crippen LogP contribution in [-0.2, 0) is 6.54 Å². The van der Waals surface area contributed by atoms with Crippen molar-refractivity contribution in [1.82, 2.24) is 15.3 Å². The molecule has 126 valence electrons. The van der Waals surface area contributed by atoms with Crippen LogP contribution < -0.4 is 10.6 Å². The Kier molecular flexibility index (Phi) is 5.26. The van der Waals surface area contributed by atoms with Gasteiger partial charge in [-0.05, 0) is 36.2 Å². The van der Waals surface area contributed by atoms with Gasteiger partial charge in [0.25, 0.3) is 5.91 Å². The fourth-order valence-electron chi connectivity index (χ4n) is 2.28. The van der Waals surface area contributed by atoms with Crippen LogP contribution in [0.1, 0.15) is 21.5 Å². The van der Waals surface area contributed by atoms with E-state index in [1.807, 2.05) is 49.4 Å². The van der Waals surface area contributed by atoms with E-state index in [2.05, 4.69) is 20.6 Å². The van der Waals surface area contributed by atoms with Crippen molar-refractivity contribution in [2.45, 2.75) is 13.5 Å². The monoisotopic (exact) mass is 352 g/mol. The molecular weight excluding hydrogens is 336 g/mol. The molecule has 0 radical (unpaired) electrons. The standard InChI is InChI=1S/C19H17ClN4O/c1-13-9-16(20)7-8-17(13)24-19-22-11-15(12-23-19)18(25)21-10-14-5-3-2-4-6-14/h2-9,11-12H,10H2,1H3,(H,21,25)(H,22,23,24). The van der Waals surface area contributed by atoms with Crippen molar-refractivity contribution >= 4 is 29.1 Å². The predicted octanol–water partition coefficient (Wildman–Crippen LogP) is 4.11. The van der Waals surface area contributed by atoms with Gasteiger partial charge < -0.3 is 10.6 Å². The van der Waals surface area contributed by atoms with Crippen molar-refractivity contribution in [3.63, 3.8) is 0 Å². The molecule has 0 aliphatic heterocycles. The lowest BCUT2D eigenvalue weighted by Crippen LogP contribution is -2.23. The fourth-order valence-corrected chi connectivity index (χ4v) is 2.50. The summed E-state index contributed by atoms with van der Waals surface area (Å²) in [6, 6.07) is 15.2. The predicted molar refractivity (Wildman–Crippen MR) is 99.1 cm³/mol. The van der Waals surface area contributed by atoms with E-state index in [4.69, 9.17) is 11.6 Å². The van der Waals surface area contributed by atoms with Crippen LogP contribution in [0.5, 0.6) is 0 Å². The highest BCUT2D eigenvalue weighted by Gasteiger charge is 2.08. The van der Waals surface area contributed by atoms with E-state index in [1.165, 1.54) is 12.4 Å². The summed E-state index contributed by atoms with van der Waals surface area (Å²) in [5.74, 6) is 0.211. The maximum absolute atomic E-state index is 12.2. The Balaban J connectivity index is 1.62. The zero-order valence-electron chi connectivity index (χ0n) is 13.7. The van der Waals surface area contributed by atoms with Crippen molar-refractivity contribution in [2.24, 2.45) is 0 Å². The summed E-state index contributed by atoms with van der Waals surface area (Å²) in [7, 11) is 0. The van der Waals surface area contributed by atoms with E-state index < -0.39 is 0 Å². The number of rotatable bonds is 5. The van der Waals surface area contributed by atoms with Crippen molar-refractivity contribution in [3.8, 4) is 0 Å². The van der Waals surface area contributed by atoms with Gasteiger partial charge in [0.05, 0.1) is 5.56 Å². The van der Waals surface area contributed by atoms with E-state index >= 15 is 0 Å². The van der Waals surface area contributed by atoms with Crippen molar-refractivity contribution < 1.29 is 4.79 Å². The topological polar surface area (TPSA) is 66.9 Å². The van der Waals surface area contributed by atoms with E-state index in [0.29, 0.717) is 23.1 Å². The minimum Gasteiger partial charge on any atom is -0.348 e. The number of nitrogens with one attached hydrogen (secondary N) is 2. The number of hydrogen-bond donors (Lipinski definition) is 2. The molecule has 3 aromatic rings. The summed E-state index contributed by atoms with van der Waals surface area (Å²) < 4.78 is 0. The third kappa shape index (κ3) is 4.55. The largest absolute Gasteiger partial charge is 0.348 e. The van der Waals surface area contributed by atoms with Crippen LogP contribution in [0.2, 0.25) is 5.02 Å². The number of aromatic nitrogens is 2. The maximum Gasteiger partial charge on any atom is 0.254 e. The SMILES string of the molecule is Cc1cc(Cl)ccc1Nc1ncc(C(=O)NCc2ccccc2)cn1. The van der Waals surface area contributed by atoms with Crippen LogP contribution in [0, 0.1) is 6.92 Å². The van der Waals surface area contributed by atoms with Crippen molar-refractivity contribution in [2.75, 3.05) is 5.32 Å². The minimum absolute atomic E-state index is 0.210. The van der Waals surface area contributed by atoms with Crippen LogP contribution >= 0.6 is 11.6 Å². The summed E-state index contributed by atoms with van der Waals surface area (Å²) in [5.41, 5.74) is 3.30. The first kappa shape index (κ1) is 16.9. The summed E-state index contributed by atoms with van der Waals surface area (Å²) >= 11 is 5.95. The van der Waals surface area contributed by atoms with Crippen LogP contribution in [0.25, 0.3) is 0 Å². The van der Waals surface area contributed by atoms with Gasteiger partial charge in [-0.1, -0.05) is 41.9 Å². The molecule has 0 aliphatic carbocycles. The summed E-state index contributed by atoms with van der Waals surface area (Å²) in [4.78, 5) is 20.5. The number of nitrogens with zero attached hydrogens (tertiary/aromatic N) is 2. The highest BCUT2D eigenvalue weighted by molar-refractivity contribution is 6.30. The molecule has 5 nitrogen and oxygen atoms in total. The maximum atomic E-state index is 12.2. The minimum atomic E-state index is -0.210. The van der Waals surface area contributed by atoms with E-state index in [0.717, 1.165) is 16.8 Å². The lowest BCUT2D eigenvalue weighted by molar-refractivity contribution is 0.0950. The van der Waals surface area contributed by atoms with E-state index in [-0.39, 0.29) is 5.91 Å². The van der Waals surface area contributed by atoms with Crippen LogP contribution in [0.4, 0.5) is 11.6 Å². The van der Waals surface area contributed by atoms with Gasteiger partial charge in [-0.3, -0.25) is 4.79 Å². The molecule has 1 amide bonds. The first-order valence-electron chi connectivity index (χ1n) is 7.79. The van der Waals surface area contributed by atoms with E-state index in [9.17, 15) is 4.79 Å². The Morgan fingerprint density at radius 1 is 1.08 bits per heavy atom. The highest BCUT2D eigenvalue weighted by atomic mass is 35.5. The van der Waals surface area contributed by atoms with Crippen LogP contribution in [0.3, 0.4) is 0 Å². The molecule has 0 saturated carbocycles. The number of halogens is 1. The molecule has 0 saturated heterocycles. The molecule has 1 aromatic heterocycles. The number of hydrogen-bond acceptors (Lipinski definition) is 4. The Morgan fingerprint density at radius 3 is 2.48 bits per heavy atom. The summed E-state index contributed by atoms with van der Waals surface area (Å²) in [6.07, 6.45) is 3.00. The molecule has 3 rings (SSSR count).